The highest BCUT2D eigenvalue weighted by Crippen LogP contribution is 2.29. The second kappa shape index (κ2) is 7.48. The number of aromatic nitrogens is 1. The molecule has 4 rings (SSSR count). The third-order valence-corrected chi connectivity index (χ3v) is 4.19. The fourth-order valence-corrected chi connectivity index (χ4v) is 2.80. The van der Waals surface area contributed by atoms with Crippen molar-refractivity contribution in [1.29, 1.82) is 0 Å². The molecule has 28 heavy (non-hydrogen) atoms. The smallest absolute Gasteiger partial charge is 0.374 e. The van der Waals surface area contributed by atoms with Crippen molar-refractivity contribution in [2.24, 2.45) is 0 Å². The molecule has 2 aromatic heterocycles. The summed E-state index contributed by atoms with van der Waals surface area (Å²) >= 11 is 0. The quantitative estimate of drug-likeness (QED) is 0.457. The van der Waals surface area contributed by atoms with Gasteiger partial charge in [0.15, 0.2) is 17.1 Å². The molecular weight excluding hydrogens is 362 g/mol. The van der Waals surface area contributed by atoms with Crippen LogP contribution in [0.15, 0.2) is 63.5 Å². The Bertz CT molecular complexity index is 1130. The first-order valence-corrected chi connectivity index (χ1v) is 8.51. The number of nitrogens with zero attached hydrogens (tertiary/aromatic N) is 1. The summed E-state index contributed by atoms with van der Waals surface area (Å²) in [7, 11) is 3.14. The van der Waals surface area contributed by atoms with Gasteiger partial charge in [-0.05, 0) is 24.3 Å². The lowest BCUT2D eigenvalue weighted by molar-refractivity contribution is 0.0430. The van der Waals surface area contributed by atoms with Gasteiger partial charge in [0.25, 0.3) is 0 Å². The number of ether oxygens (including phenoxy) is 3. The van der Waals surface area contributed by atoms with Crippen molar-refractivity contribution < 1.29 is 27.9 Å². The molecular formula is C21H17NO6. The monoisotopic (exact) mass is 379 g/mol. The van der Waals surface area contributed by atoms with Gasteiger partial charge in [0.2, 0.25) is 5.76 Å². The van der Waals surface area contributed by atoms with Crippen molar-refractivity contribution in [2.45, 2.75) is 6.61 Å². The van der Waals surface area contributed by atoms with Gasteiger partial charge in [-0.2, -0.15) is 0 Å². The summed E-state index contributed by atoms with van der Waals surface area (Å²) in [5.74, 6) is 1.32. The van der Waals surface area contributed by atoms with Crippen LogP contribution in [0.5, 0.6) is 11.5 Å². The molecule has 0 aliphatic carbocycles. The van der Waals surface area contributed by atoms with E-state index in [1.54, 1.807) is 32.4 Å². The number of esters is 1. The molecule has 2 heterocycles. The summed E-state index contributed by atoms with van der Waals surface area (Å²) in [4.78, 5) is 12.3. The molecule has 0 bridgehead atoms. The predicted molar refractivity (Wildman–Crippen MR) is 100 cm³/mol. The zero-order valence-electron chi connectivity index (χ0n) is 15.3. The van der Waals surface area contributed by atoms with Crippen LogP contribution in [0.4, 0.5) is 0 Å². The van der Waals surface area contributed by atoms with Crippen LogP contribution in [-0.2, 0) is 11.3 Å². The van der Waals surface area contributed by atoms with Gasteiger partial charge in [-0.1, -0.05) is 29.4 Å². The molecule has 0 saturated carbocycles. The lowest BCUT2D eigenvalue weighted by Crippen LogP contribution is -2.03. The normalized spacial score (nSPS) is 10.8. The van der Waals surface area contributed by atoms with Crippen LogP contribution in [0.1, 0.15) is 16.2 Å². The molecule has 0 amide bonds. The van der Waals surface area contributed by atoms with Crippen LogP contribution in [-0.4, -0.2) is 25.3 Å². The van der Waals surface area contributed by atoms with Gasteiger partial charge < -0.3 is 23.2 Å². The van der Waals surface area contributed by atoms with Crippen molar-refractivity contribution in [3.05, 3.63) is 66.1 Å². The second-order valence-corrected chi connectivity index (χ2v) is 5.98. The van der Waals surface area contributed by atoms with E-state index in [9.17, 15) is 4.79 Å². The number of rotatable bonds is 6. The minimum absolute atomic E-state index is 0.0412. The number of methoxy groups -OCH3 is 2. The molecule has 7 heteroatoms. The molecule has 0 atom stereocenters. The molecule has 7 nitrogen and oxygen atoms in total. The van der Waals surface area contributed by atoms with E-state index in [1.165, 1.54) is 0 Å². The Balaban J connectivity index is 1.46. The van der Waals surface area contributed by atoms with E-state index >= 15 is 0 Å². The number of fused-ring (bicyclic) bond motifs is 1. The van der Waals surface area contributed by atoms with Crippen LogP contribution in [0, 0.1) is 0 Å². The third kappa shape index (κ3) is 3.42. The summed E-state index contributed by atoms with van der Waals surface area (Å²) in [6.07, 6.45) is 0. The van der Waals surface area contributed by atoms with Crippen molar-refractivity contribution in [3.8, 4) is 22.8 Å². The van der Waals surface area contributed by atoms with Gasteiger partial charge in [0.1, 0.15) is 18.1 Å². The molecule has 0 fully saturated rings. The van der Waals surface area contributed by atoms with E-state index in [2.05, 4.69) is 5.16 Å². The van der Waals surface area contributed by atoms with Gasteiger partial charge in [0, 0.05) is 17.0 Å². The van der Waals surface area contributed by atoms with Crippen LogP contribution in [0.3, 0.4) is 0 Å². The zero-order valence-corrected chi connectivity index (χ0v) is 15.3. The van der Waals surface area contributed by atoms with Crippen molar-refractivity contribution >= 4 is 16.9 Å². The summed E-state index contributed by atoms with van der Waals surface area (Å²) in [5, 5.41) is 4.70. The summed E-state index contributed by atoms with van der Waals surface area (Å²) in [6, 6.07) is 16.1. The molecule has 0 saturated heterocycles. The third-order valence-electron chi connectivity index (χ3n) is 4.19. The van der Waals surface area contributed by atoms with Crippen LogP contribution < -0.4 is 9.47 Å². The van der Waals surface area contributed by atoms with Gasteiger partial charge in [0.05, 0.1) is 14.2 Å². The lowest BCUT2D eigenvalue weighted by Gasteiger charge is -2.00. The van der Waals surface area contributed by atoms with Gasteiger partial charge in [-0.25, -0.2) is 4.79 Å². The van der Waals surface area contributed by atoms with Crippen molar-refractivity contribution in [3.63, 3.8) is 0 Å². The predicted octanol–water partition coefficient (Wildman–Crippen LogP) is 4.46. The summed E-state index contributed by atoms with van der Waals surface area (Å²) in [6.45, 7) is -0.0412. The van der Waals surface area contributed by atoms with E-state index in [1.807, 2.05) is 36.4 Å². The largest absolute Gasteiger partial charge is 0.497 e. The highest BCUT2D eigenvalue weighted by molar-refractivity contribution is 5.94. The molecule has 0 spiro atoms. The molecule has 0 aliphatic rings. The Morgan fingerprint density at radius 3 is 2.71 bits per heavy atom. The molecule has 0 aliphatic heterocycles. The fraction of sp³-hybridized carbons (Fsp3) is 0.143. The number of carbonyl (C=O) groups is 1. The number of para-hydroxylation sites is 1. The van der Waals surface area contributed by atoms with Crippen molar-refractivity contribution in [1.82, 2.24) is 5.16 Å². The first kappa shape index (κ1) is 17.7. The van der Waals surface area contributed by atoms with E-state index in [4.69, 9.17) is 23.2 Å². The highest BCUT2D eigenvalue weighted by atomic mass is 16.5. The minimum Gasteiger partial charge on any atom is -0.497 e. The van der Waals surface area contributed by atoms with Gasteiger partial charge >= 0.3 is 5.97 Å². The van der Waals surface area contributed by atoms with E-state index in [0.717, 1.165) is 10.9 Å². The van der Waals surface area contributed by atoms with Crippen LogP contribution >= 0.6 is 0 Å². The van der Waals surface area contributed by atoms with Crippen molar-refractivity contribution in [2.75, 3.05) is 14.2 Å². The molecule has 142 valence electrons. The fourth-order valence-electron chi connectivity index (χ4n) is 2.80. The maximum atomic E-state index is 12.3. The molecule has 4 aromatic rings. The van der Waals surface area contributed by atoms with Gasteiger partial charge in [-0.15, -0.1) is 0 Å². The minimum atomic E-state index is -0.593. The molecule has 0 N–H and O–H groups in total. The van der Waals surface area contributed by atoms with Gasteiger partial charge in [-0.3, -0.25) is 0 Å². The average Bonchev–Trinajstić information content (AvgIpc) is 3.39. The first-order valence-electron chi connectivity index (χ1n) is 8.51. The topological polar surface area (TPSA) is 83.9 Å². The van der Waals surface area contributed by atoms with Crippen LogP contribution in [0.25, 0.3) is 22.3 Å². The number of benzene rings is 2. The number of hydrogen-bond acceptors (Lipinski definition) is 7. The van der Waals surface area contributed by atoms with E-state index in [-0.39, 0.29) is 12.4 Å². The molecule has 0 unspecified atom stereocenters. The Hall–Kier alpha value is -3.74. The highest BCUT2D eigenvalue weighted by Gasteiger charge is 2.17. The summed E-state index contributed by atoms with van der Waals surface area (Å²) in [5.41, 5.74) is 1.80. The zero-order chi connectivity index (χ0) is 19.5. The Labute approximate surface area is 160 Å². The number of furan rings is 1. The first-order chi connectivity index (χ1) is 13.7. The maximum Gasteiger partial charge on any atom is 0.374 e. The maximum absolute atomic E-state index is 12.3. The Kier molecular flexibility index (Phi) is 4.72. The lowest BCUT2D eigenvalue weighted by atomic mass is 10.1. The number of hydrogen-bond donors (Lipinski definition) is 0. The Morgan fingerprint density at radius 2 is 1.89 bits per heavy atom. The number of carbonyl (C=O) groups excluding carboxylic acids is 1. The molecule has 0 radical (unpaired) electrons. The van der Waals surface area contributed by atoms with E-state index in [0.29, 0.717) is 28.5 Å². The standard InChI is InChI=1S/C21H17NO6/c1-24-16-7-3-5-13(9-16)18-11-15(22-28-18)12-26-21(23)19-10-14-6-4-8-17(25-2)20(14)27-19/h3-11H,12H2,1-2H3. The second-order valence-electron chi connectivity index (χ2n) is 5.98. The molecule has 2 aromatic carbocycles. The Morgan fingerprint density at radius 1 is 1.04 bits per heavy atom. The average molecular weight is 379 g/mol. The van der Waals surface area contributed by atoms with Crippen LogP contribution in [0.2, 0.25) is 0 Å². The SMILES string of the molecule is COc1cccc(-c2cc(COC(=O)c3cc4cccc(OC)c4o3)no2)c1. The van der Waals surface area contributed by atoms with E-state index < -0.39 is 5.97 Å². The summed E-state index contributed by atoms with van der Waals surface area (Å²) < 4.78 is 26.6.